The molecule has 0 aliphatic carbocycles. The third kappa shape index (κ3) is 4.67. The molecular weight excluding hydrogens is 242 g/mol. The van der Waals surface area contributed by atoms with Crippen LogP contribution in [0.3, 0.4) is 0 Å². The van der Waals surface area contributed by atoms with Gasteiger partial charge in [0.25, 0.3) is 0 Å². The number of rotatable bonds is 7. The Morgan fingerprint density at radius 1 is 1.53 bits per heavy atom. The third-order valence-electron chi connectivity index (χ3n) is 3.06. The van der Waals surface area contributed by atoms with Gasteiger partial charge < -0.3 is 10.1 Å². The molecule has 0 radical (unpaired) electrons. The number of hydrogen-bond acceptors (Lipinski definition) is 4. The van der Waals surface area contributed by atoms with Crippen molar-refractivity contribution in [1.29, 1.82) is 0 Å². The van der Waals surface area contributed by atoms with Crippen molar-refractivity contribution in [3.63, 3.8) is 0 Å². The van der Waals surface area contributed by atoms with Gasteiger partial charge in [-0.1, -0.05) is 20.8 Å². The Kier molecular flexibility index (Phi) is 6.02. The fourth-order valence-electron chi connectivity index (χ4n) is 2.14. The molecule has 5 heteroatoms. The summed E-state index contributed by atoms with van der Waals surface area (Å²) in [5.41, 5.74) is 2.21. The molecule has 1 N–H and O–H groups in total. The fourth-order valence-corrected chi connectivity index (χ4v) is 2.14. The highest BCUT2D eigenvalue weighted by Gasteiger charge is 2.20. The summed E-state index contributed by atoms with van der Waals surface area (Å²) in [6.07, 6.45) is 3.66. The first-order valence-corrected chi connectivity index (χ1v) is 6.80. The minimum absolute atomic E-state index is 0.198. The molecule has 108 valence electrons. The molecule has 1 aromatic rings. The predicted octanol–water partition coefficient (Wildman–Crippen LogP) is 1.66. The first-order valence-electron chi connectivity index (χ1n) is 6.80. The number of nitrogens with one attached hydrogen (secondary N) is 1. The van der Waals surface area contributed by atoms with Crippen LogP contribution in [0.4, 0.5) is 0 Å². The molecule has 0 aliphatic rings. The number of carbonyl (C=O) groups excluding carboxylic acids is 1. The van der Waals surface area contributed by atoms with Crippen molar-refractivity contribution in [2.45, 2.75) is 46.2 Å². The predicted molar refractivity (Wildman–Crippen MR) is 74.7 cm³/mol. The molecule has 0 aliphatic heterocycles. The lowest BCUT2D eigenvalue weighted by Crippen LogP contribution is -2.38. The number of aromatic nitrogens is 2. The van der Waals surface area contributed by atoms with E-state index in [0.29, 0.717) is 12.5 Å². The van der Waals surface area contributed by atoms with Gasteiger partial charge in [-0.05, 0) is 18.8 Å². The van der Waals surface area contributed by atoms with Crippen LogP contribution < -0.4 is 5.32 Å². The number of esters is 1. The lowest BCUT2D eigenvalue weighted by molar-refractivity contribution is -0.143. The number of ether oxygens (including phenoxy) is 1. The maximum atomic E-state index is 11.7. The standard InChI is InChI=1S/C14H25N3O2/c1-6-12-11(9-17(4)16-12)8-15-13(7-10(2)3)14(18)19-5/h9-10,13,15H,6-8H2,1-5H3. The fraction of sp³-hybridized carbons (Fsp3) is 0.714. The maximum Gasteiger partial charge on any atom is 0.322 e. The quantitative estimate of drug-likeness (QED) is 0.763. The van der Waals surface area contributed by atoms with Crippen molar-refractivity contribution in [3.8, 4) is 0 Å². The van der Waals surface area contributed by atoms with Crippen LogP contribution in [0.25, 0.3) is 0 Å². The van der Waals surface area contributed by atoms with Crippen molar-refractivity contribution in [2.75, 3.05) is 7.11 Å². The van der Waals surface area contributed by atoms with Gasteiger partial charge in [0.15, 0.2) is 0 Å². The van der Waals surface area contributed by atoms with E-state index in [-0.39, 0.29) is 12.0 Å². The summed E-state index contributed by atoms with van der Waals surface area (Å²) in [6, 6.07) is -0.255. The molecule has 0 amide bonds. The van der Waals surface area contributed by atoms with Crippen LogP contribution in [0.1, 0.15) is 38.4 Å². The van der Waals surface area contributed by atoms with Crippen molar-refractivity contribution < 1.29 is 9.53 Å². The minimum atomic E-state index is -0.255. The molecule has 1 heterocycles. The van der Waals surface area contributed by atoms with Crippen LogP contribution in [-0.4, -0.2) is 28.9 Å². The van der Waals surface area contributed by atoms with E-state index in [4.69, 9.17) is 4.74 Å². The second-order valence-corrected chi connectivity index (χ2v) is 5.21. The van der Waals surface area contributed by atoms with Crippen molar-refractivity contribution in [1.82, 2.24) is 15.1 Å². The second-order valence-electron chi connectivity index (χ2n) is 5.21. The van der Waals surface area contributed by atoms with Crippen LogP contribution in [0.5, 0.6) is 0 Å². The number of aryl methyl sites for hydroxylation is 2. The maximum absolute atomic E-state index is 11.7. The summed E-state index contributed by atoms with van der Waals surface area (Å²) < 4.78 is 6.65. The van der Waals surface area contributed by atoms with Gasteiger partial charge in [-0.15, -0.1) is 0 Å². The van der Waals surface area contributed by atoms with Crippen LogP contribution in [0, 0.1) is 5.92 Å². The lowest BCUT2D eigenvalue weighted by Gasteiger charge is -2.18. The average Bonchev–Trinajstić information content (AvgIpc) is 2.73. The van der Waals surface area contributed by atoms with Gasteiger partial charge in [-0.2, -0.15) is 5.10 Å². The van der Waals surface area contributed by atoms with Gasteiger partial charge in [0.1, 0.15) is 6.04 Å². The average molecular weight is 267 g/mol. The van der Waals surface area contributed by atoms with E-state index in [0.717, 1.165) is 24.1 Å². The monoisotopic (exact) mass is 267 g/mol. The number of nitrogens with zero attached hydrogens (tertiary/aromatic N) is 2. The first-order chi connectivity index (χ1) is 8.97. The lowest BCUT2D eigenvalue weighted by atomic mass is 10.0. The van der Waals surface area contributed by atoms with Crippen molar-refractivity contribution >= 4 is 5.97 Å². The van der Waals surface area contributed by atoms with Crippen LogP contribution >= 0.6 is 0 Å². The van der Waals surface area contributed by atoms with E-state index in [9.17, 15) is 4.79 Å². The van der Waals surface area contributed by atoms with Gasteiger partial charge in [0.2, 0.25) is 0 Å². The molecule has 1 rings (SSSR count). The summed E-state index contributed by atoms with van der Waals surface area (Å²) in [5, 5.41) is 7.67. The SMILES string of the molecule is CCc1nn(C)cc1CNC(CC(C)C)C(=O)OC. The molecule has 1 atom stereocenters. The summed E-state index contributed by atoms with van der Waals surface area (Å²) >= 11 is 0. The molecule has 1 aromatic heterocycles. The molecule has 5 nitrogen and oxygen atoms in total. The highest BCUT2D eigenvalue weighted by molar-refractivity contribution is 5.75. The van der Waals surface area contributed by atoms with E-state index in [1.807, 2.05) is 17.9 Å². The summed E-state index contributed by atoms with van der Waals surface area (Å²) in [6.45, 7) is 6.92. The Bertz CT molecular complexity index is 413. The van der Waals surface area contributed by atoms with Gasteiger partial charge in [-0.3, -0.25) is 9.48 Å². The molecule has 0 bridgehead atoms. The minimum Gasteiger partial charge on any atom is -0.468 e. The van der Waals surface area contributed by atoms with Gasteiger partial charge in [0, 0.05) is 25.4 Å². The van der Waals surface area contributed by atoms with Crippen molar-refractivity contribution in [3.05, 3.63) is 17.5 Å². The molecular formula is C14H25N3O2. The van der Waals surface area contributed by atoms with E-state index >= 15 is 0 Å². The van der Waals surface area contributed by atoms with E-state index < -0.39 is 0 Å². The third-order valence-corrected chi connectivity index (χ3v) is 3.06. The molecule has 0 saturated carbocycles. The smallest absolute Gasteiger partial charge is 0.322 e. The normalized spacial score (nSPS) is 12.7. The Hall–Kier alpha value is -1.36. The zero-order valence-electron chi connectivity index (χ0n) is 12.6. The van der Waals surface area contributed by atoms with Crippen LogP contribution in [0.15, 0.2) is 6.20 Å². The summed E-state index contributed by atoms with van der Waals surface area (Å²) in [4.78, 5) is 11.7. The number of hydrogen-bond donors (Lipinski definition) is 1. The highest BCUT2D eigenvalue weighted by Crippen LogP contribution is 2.10. The Labute approximate surface area is 115 Å². The van der Waals surface area contributed by atoms with Gasteiger partial charge >= 0.3 is 5.97 Å². The van der Waals surface area contributed by atoms with Gasteiger partial charge in [-0.25, -0.2) is 0 Å². The van der Waals surface area contributed by atoms with Crippen LogP contribution in [0.2, 0.25) is 0 Å². The number of carbonyl (C=O) groups is 1. The Balaban J connectivity index is 2.67. The highest BCUT2D eigenvalue weighted by atomic mass is 16.5. The largest absolute Gasteiger partial charge is 0.468 e. The van der Waals surface area contributed by atoms with Gasteiger partial charge in [0.05, 0.1) is 12.8 Å². The molecule has 0 aromatic carbocycles. The van der Waals surface area contributed by atoms with Crippen LogP contribution in [-0.2, 0) is 29.5 Å². The van der Waals surface area contributed by atoms with E-state index in [1.54, 1.807) is 0 Å². The Morgan fingerprint density at radius 3 is 2.74 bits per heavy atom. The van der Waals surface area contributed by atoms with Crippen molar-refractivity contribution in [2.24, 2.45) is 13.0 Å². The second kappa shape index (κ2) is 7.28. The Morgan fingerprint density at radius 2 is 2.21 bits per heavy atom. The zero-order valence-corrected chi connectivity index (χ0v) is 12.6. The number of methoxy groups -OCH3 is 1. The topological polar surface area (TPSA) is 56.2 Å². The van der Waals surface area contributed by atoms with E-state index in [1.165, 1.54) is 7.11 Å². The first kappa shape index (κ1) is 15.7. The molecule has 0 saturated heterocycles. The zero-order chi connectivity index (χ0) is 14.4. The summed E-state index contributed by atoms with van der Waals surface area (Å²) in [7, 11) is 3.34. The summed E-state index contributed by atoms with van der Waals surface area (Å²) in [5.74, 6) is 0.242. The molecule has 0 fully saturated rings. The molecule has 0 spiro atoms. The molecule has 1 unspecified atom stereocenters. The van der Waals surface area contributed by atoms with E-state index in [2.05, 4.69) is 31.2 Å². The molecule has 19 heavy (non-hydrogen) atoms.